The van der Waals surface area contributed by atoms with E-state index >= 15 is 0 Å². The number of aliphatic hydroxyl groups excluding tert-OH is 1. The van der Waals surface area contributed by atoms with Crippen molar-refractivity contribution in [3.8, 4) is 5.75 Å². The summed E-state index contributed by atoms with van der Waals surface area (Å²) in [6, 6.07) is 7.91. The maximum Gasteiger partial charge on any atom is 0.418 e. The number of amides is 1. The fourth-order valence-corrected chi connectivity index (χ4v) is 5.46. The Bertz CT molecular complexity index is 1350. The van der Waals surface area contributed by atoms with Gasteiger partial charge in [0.15, 0.2) is 0 Å². The average molecular weight is 537 g/mol. The van der Waals surface area contributed by atoms with Crippen LogP contribution in [0.1, 0.15) is 37.8 Å². The summed E-state index contributed by atoms with van der Waals surface area (Å²) < 4.78 is 49.0. The Kier molecular flexibility index (Phi) is 6.40. The van der Waals surface area contributed by atoms with Crippen LogP contribution in [-0.2, 0) is 21.9 Å². The molecule has 3 heterocycles. The van der Waals surface area contributed by atoms with E-state index in [1.807, 2.05) is 12.1 Å². The van der Waals surface area contributed by atoms with E-state index in [2.05, 4.69) is 15.2 Å². The summed E-state index contributed by atoms with van der Waals surface area (Å²) in [5.74, 6) is 0.0663. The van der Waals surface area contributed by atoms with E-state index in [1.54, 1.807) is 19.9 Å². The first kappa shape index (κ1) is 25.8. The fourth-order valence-electron chi connectivity index (χ4n) is 5.29. The van der Waals surface area contributed by atoms with Crippen LogP contribution in [-0.4, -0.2) is 58.3 Å². The fraction of sp³-hybridized carbons (Fsp3) is 0.462. The third-order valence-corrected chi connectivity index (χ3v) is 7.76. The number of halogens is 4. The number of aliphatic hydroxyl groups is 1. The van der Waals surface area contributed by atoms with Crippen LogP contribution in [0.25, 0.3) is 11.0 Å². The summed E-state index contributed by atoms with van der Waals surface area (Å²) in [4.78, 5) is 19.1. The van der Waals surface area contributed by atoms with Crippen LogP contribution in [0.4, 0.5) is 18.9 Å². The van der Waals surface area contributed by atoms with Crippen LogP contribution in [0.5, 0.6) is 5.75 Å². The van der Waals surface area contributed by atoms with Gasteiger partial charge in [0.1, 0.15) is 12.4 Å². The van der Waals surface area contributed by atoms with Gasteiger partial charge in [0.2, 0.25) is 5.91 Å². The highest BCUT2D eigenvalue weighted by Crippen LogP contribution is 2.46. The van der Waals surface area contributed by atoms with E-state index in [1.165, 1.54) is 17.0 Å². The summed E-state index contributed by atoms with van der Waals surface area (Å²) in [5, 5.41) is 13.2. The monoisotopic (exact) mass is 536 g/mol. The van der Waals surface area contributed by atoms with Gasteiger partial charge in [-0.2, -0.15) is 13.2 Å². The zero-order chi connectivity index (χ0) is 26.6. The molecule has 3 aromatic rings. The molecule has 37 heavy (non-hydrogen) atoms. The van der Waals surface area contributed by atoms with Crippen molar-refractivity contribution in [3.63, 3.8) is 0 Å². The second kappa shape index (κ2) is 9.18. The van der Waals surface area contributed by atoms with E-state index in [9.17, 15) is 23.1 Å². The molecule has 11 heteroatoms. The molecule has 0 bridgehead atoms. The lowest BCUT2D eigenvalue weighted by Crippen LogP contribution is -2.47. The Balaban J connectivity index is 1.27. The second-order valence-electron chi connectivity index (χ2n) is 10.3. The van der Waals surface area contributed by atoms with Gasteiger partial charge in [-0.25, -0.2) is 4.98 Å². The van der Waals surface area contributed by atoms with Crippen LogP contribution in [0.2, 0.25) is 5.02 Å². The smallest absolute Gasteiger partial charge is 0.418 e. The number of nitrogens with zero attached hydrogens (tertiary/aromatic N) is 3. The van der Waals surface area contributed by atoms with Crippen LogP contribution in [0.15, 0.2) is 36.7 Å². The third-order valence-electron chi connectivity index (χ3n) is 7.53. The molecule has 0 saturated carbocycles. The number of hydrogen-bond acceptors (Lipinski definition) is 5. The van der Waals surface area contributed by atoms with Crippen molar-refractivity contribution < 1.29 is 27.8 Å². The minimum Gasteiger partial charge on any atom is -0.492 e. The molecule has 2 aliphatic rings. The van der Waals surface area contributed by atoms with E-state index in [0.717, 1.165) is 17.3 Å². The molecule has 0 aliphatic carbocycles. The van der Waals surface area contributed by atoms with E-state index < -0.39 is 22.7 Å². The maximum atomic E-state index is 14.0. The number of carbonyl (C=O) groups excluding carboxylic acids is 1. The number of alkyl halides is 3. The van der Waals surface area contributed by atoms with Gasteiger partial charge in [0.25, 0.3) is 0 Å². The Morgan fingerprint density at radius 2 is 1.92 bits per heavy atom. The van der Waals surface area contributed by atoms with Gasteiger partial charge in [0.05, 0.1) is 40.5 Å². The van der Waals surface area contributed by atoms with E-state index in [4.69, 9.17) is 16.3 Å². The van der Waals surface area contributed by atoms with E-state index in [-0.39, 0.29) is 35.9 Å². The predicted octanol–water partition coefficient (Wildman–Crippen LogP) is 4.80. The minimum atomic E-state index is -4.62. The first-order valence-electron chi connectivity index (χ1n) is 12.1. The van der Waals surface area contributed by atoms with Crippen molar-refractivity contribution in [3.05, 3.63) is 52.8 Å². The van der Waals surface area contributed by atoms with Crippen LogP contribution in [0, 0.1) is 0 Å². The molecule has 0 radical (unpaired) electrons. The van der Waals surface area contributed by atoms with Crippen molar-refractivity contribution in [2.45, 2.75) is 43.8 Å². The molecular weight excluding hydrogens is 509 g/mol. The van der Waals surface area contributed by atoms with Crippen molar-refractivity contribution in [2.24, 2.45) is 0 Å². The molecule has 2 N–H and O–H groups in total. The molecule has 5 rings (SSSR count). The van der Waals surface area contributed by atoms with Crippen LogP contribution >= 0.6 is 11.6 Å². The number of benzene rings is 2. The predicted molar refractivity (Wildman–Crippen MR) is 134 cm³/mol. The number of rotatable bonds is 6. The maximum absolute atomic E-state index is 14.0. The number of aromatic nitrogens is 2. The number of ether oxygens (including phenoxy) is 1. The molecule has 1 aromatic heterocycles. The highest BCUT2D eigenvalue weighted by atomic mass is 35.5. The highest BCUT2D eigenvalue weighted by molar-refractivity contribution is 6.31. The summed E-state index contributed by atoms with van der Waals surface area (Å²) in [5.41, 5.74) is -0.629. The quantitative estimate of drug-likeness (QED) is 0.473. The van der Waals surface area contributed by atoms with Gasteiger partial charge in [-0.1, -0.05) is 11.6 Å². The molecule has 0 unspecified atom stereocenters. The Labute approximate surface area is 217 Å². The summed E-state index contributed by atoms with van der Waals surface area (Å²) in [6.45, 7) is 4.93. The summed E-state index contributed by atoms with van der Waals surface area (Å²) >= 11 is 6.18. The Hall–Kier alpha value is -2.82. The van der Waals surface area contributed by atoms with Crippen molar-refractivity contribution in [2.75, 3.05) is 38.2 Å². The lowest BCUT2D eigenvalue weighted by atomic mass is 9.73. The lowest BCUT2D eigenvalue weighted by Gasteiger charge is -2.38. The van der Waals surface area contributed by atoms with Gasteiger partial charge < -0.3 is 19.7 Å². The van der Waals surface area contributed by atoms with Gasteiger partial charge >= 0.3 is 6.18 Å². The molecule has 1 amide bonds. The highest BCUT2D eigenvalue weighted by Gasteiger charge is 2.48. The lowest BCUT2D eigenvalue weighted by molar-refractivity contribution is -0.136. The molecule has 1 saturated heterocycles. The van der Waals surface area contributed by atoms with Crippen LogP contribution in [0.3, 0.4) is 0 Å². The molecule has 1 fully saturated rings. The Morgan fingerprint density at radius 3 is 2.59 bits per heavy atom. The first-order valence-corrected chi connectivity index (χ1v) is 12.5. The number of fused-ring (bicyclic) bond motifs is 3. The van der Waals surface area contributed by atoms with Crippen LogP contribution < -0.4 is 10.1 Å². The topological polar surface area (TPSA) is 79.6 Å². The van der Waals surface area contributed by atoms with Crippen molar-refractivity contribution >= 4 is 34.2 Å². The summed E-state index contributed by atoms with van der Waals surface area (Å²) in [7, 11) is 0. The molecule has 0 atom stereocenters. The first-order chi connectivity index (χ1) is 17.4. The molecule has 2 aliphatic heterocycles. The number of hydrogen-bond donors (Lipinski definition) is 2. The minimum absolute atomic E-state index is 0.0162. The van der Waals surface area contributed by atoms with Crippen molar-refractivity contribution in [1.82, 2.24) is 14.5 Å². The number of carbonyl (C=O) groups is 1. The standard InChI is InChI=1S/C26H28ClF3N4O3/c1-24(2,14-35)34-15-31-21-13-17(12-19(22(21)34)26(28,29)30)37-10-9-33-7-5-25(6-8-33)18-11-16(27)3-4-20(18)32-23(25)36/h3-4,11-13,15,35H,5-10,14H2,1-2H3,(H,32,36). The average Bonchev–Trinajstić information content (AvgIpc) is 3.39. The number of piperidine rings is 1. The van der Waals surface area contributed by atoms with Gasteiger partial charge in [0, 0.05) is 23.3 Å². The number of anilines is 1. The van der Waals surface area contributed by atoms with Crippen molar-refractivity contribution in [1.29, 1.82) is 0 Å². The van der Waals surface area contributed by atoms with Gasteiger partial charge in [-0.3, -0.25) is 9.69 Å². The molecular formula is C26H28ClF3N4O3. The largest absolute Gasteiger partial charge is 0.492 e. The third kappa shape index (κ3) is 4.55. The Morgan fingerprint density at radius 1 is 1.19 bits per heavy atom. The normalized spacial score (nSPS) is 17.9. The molecule has 198 valence electrons. The SMILES string of the molecule is CC(C)(CO)n1cnc2cc(OCCN3CCC4(CC3)C(=O)Nc3ccc(Cl)cc34)cc(C(F)(F)F)c21. The van der Waals surface area contributed by atoms with Gasteiger partial charge in [-0.15, -0.1) is 0 Å². The molecule has 2 aromatic carbocycles. The summed E-state index contributed by atoms with van der Waals surface area (Å²) in [6.07, 6.45) is -2.07. The number of nitrogens with one attached hydrogen (secondary N) is 1. The number of likely N-dealkylation sites (tertiary alicyclic amines) is 1. The zero-order valence-corrected chi connectivity index (χ0v) is 21.3. The van der Waals surface area contributed by atoms with Gasteiger partial charge in [-0.05, 0) is 69.6 Å². The second-order valence-corrected chi connectivity index (χ2v) is 10.8. The number of imidazole rings is 1. The molecule has 7 nitrogen and oxygen atoms in total. The molecule has 1 spiro atoms. The van der Waals surface area contributed by atoms with E-state index in [0.29, 0.717) is 37.5 Å². The zero-order valence-electron chi connectivity index (χ0n) is 20.5.